The van der Waals surface area contributed by atoms with Crippen molar-refractivity contribution in [2.75, 3.05) is 24.3 Å². The van der Waals surface area contributed by atoms with Crippen molar-refractivity contribution in [3.8, 4) is 0 Å². The molecule has 5 heteroatoms. The SMILES string of the molecule is Cc1[nH]cnc1CNc1ccc(N(C)C)c(Cl)c1. The Morgan fingerprint density at radius 1 is 1.39 bits per heavy atom. The number of benzene rings is 1. The van der Waals surface area contributed by atoms with Crippen LogP contribution in [0.4, 0.5) is 11.4 Å². The summed E-state index contributed by atoms with van der Waals surface area (Å²) in [5.41, 5.74) is 4.10. The molecule has 0 saturated carbocycles. The fraction of sp³-hybridized carbons (Fsp3) is 0.308. The zero-order valence-corrected chi connectivity index (χ0v) is 11.5. The van der Waals surface area contributed by atoms with Crippen LogP contribution in [0.1, 0.15) is 11.4 Å². The second-order valence-corrected chi connectivity index (χ2v) is 4.80. The average Bonchev–Trinajstić information content (AvgIpc) is 2.72. The molecule has 0 unspecified atom stereocenters. The largest absolute Gasteiger partial charge is 0.379 e. The number of H-pyrrole nitrogens is 1. The maximum atomic E-state index is 6.21. The van der Waals surface area contributed by atoms with Gasteiger partial charge in [-0.15, -0.1) is 0 Å². The van der Waals surface area contributed by atoms with E-state index in [4.69, 9.17) is 11.6 Å². The lowest BCUT2D eigenvalue weighted by Crippen LogP contribution is -2.09. The Morgan fingerprint density at radius 3 is 2.72 bits per heavy atom. The Kier molecular flexibility index (Phi) is 3.77. The number of nitrogens with zero attached hydrogens (tertiary/aromatic N) is 2. The first-order valence-electron chi connectivity index (χ1n) is 5.77. The van der Waals surface area contributed by atoms with Crippen molar-refractivity contribution >= 4 is 23.0 Å². The third-order valence-corrected chi connectivity index (χ3v) is 3.13. The van der Waals surface area contributed by atoms with Gasteiger partial charge >= 0.3 is 0 Å². The number of aryl methyl sites for hydroxylation is 1. The van der Waals surface area contributed by atoms with Crippen LogP contribution < -0.4 is 10.2 Å². The predicted octanol–water partition coefficient (Wildman–Crippen LogP) is 3.05. The fourth-order valence-corrected chi connectivity index (χ4v) is 2.08. The summed E-state index contributed by atoms with van der Waals surface area (Å²) in [7, 11) is 3.95. The average molecular weight is 265 g/mol. The number of imidazole rings is 1. The molecule has 0 fully saturated rings. The number of aromatic nitrogens is 2. The van der Waals surface area contributed by atoms with Gasteiger partial charge in [-0.25, -0.2) is 4.98 Å². The Hall–Kier alpha value is -1.68. The summed E-state index contributed by atoms with van der Waals surface area (Å²) in [6, 6.07) is 5.95. The highest BCUT2D eigenvalue weighted by Crippen LogP contribution is 2.27. The fourth-order valence-electron chi connectivity index (χ4n) is 1.73. The van der Waals surface area contributed by atoms with Crippen molar-refractivity contribution in [2.45, 2.75) is 13.5 Å². The quantitative estimate of drug-likeness (QED) is 0.892. The highest BCUT2D eigenvalue weighted by Gasteiger charge is 2.05. The van der Waals surface area contributed by atoms with Gasteiger partial charge in [0.1, 0.15) is 0 Å². The first-order chi connectivity index (χ1) is 8.58. The van der Waals surface area contributed by atoms with Gasteiger partial charge in [0, 0.05) is 25.5 Å². The van der Waals surface area contributed by atoms with Crippen LogP contribution in [0.3, 0.4) is 0 Å². The second kappa shape index (κ2) is 5.31. The van der Waals surface area contributed by atoms with Gasteiger partial charge in [0.25, 0.3) is 0 Å². The molecule has 0 saturated heterocycles. The van der Waals surface area contributed by atoms with Gasteiger partial charge in [-0.1, -0.05) is 11.6 Å². The molecule has 2 rings (SSSR count). The molecule has 2 aromatic rings. The molecule has 1 heterocycles. The zero-order valence-electron chi connectivity index (χ0n) is 10.8. The molecule has 2 N–H and O–H groups in total. The lowest BCUT2D eigenvalue weighted by atomic mass is 10.2. The Morgan fingerprint density at radius 2 is 2.17 bits per heavy atom. The first-order valence-corrected chi connectivity index (χ1v) is 6.15. The summed E-state index contributed by atoms with van der Waals surface area (Å²) in [5.74, 6) is 0. The lowest BCUT2D eigenvalue weighted by Gasteiger charge is -2.15. The molecule has 18 heavy (non-hydrogen) atoms. The maximum Gasteiger partial charge on any atom is 0.0925 e. The number of halogens is 1. The van der Waals surface area contributed by atoms with Crippen LogP contribution in [0.2, 0.25) is 5.02 Å². The van der Waals surface area contributed by atoms with Crippen LogP contribution in [0.5, 0.6) is 0 Å². The van der Waals surface area contributed by atoms with Crippen LogP contribution in [0.25, 0.3) is 0 Å². The molecule has 0 aliphatic carbocycles. The van der Waals surface area contributed by atoms with E-state index in [-0.39, 0.29) is 0 Å². The maximum absolute atomic E-state index is 6.21. The van der Waals surface area contributed by atoms with Crippen LogP contribution in [0.15, 0.2) is 24.5 Å². The summed E-state index contributed by atoms with van der Waals surface area (Å²) in [6.07, 6.45) is 1.70. The summed E-state index contributed by atoms with van der Waals surface area (Å²) in [4.78, 5) is 9.29. The van der Waals surface area contributed by atoms with E-state index < -0.39 is 0 Å². The predicted molar refractivity (Wildman–Crippen MR) is 76.4 cm³/mol. The molecule has 96 valence electrons. The van der Waals surface area contributed by atoms with Gasteiger partial charge in [0.15, 0.2) is 0 Å². The van der Waals surface area contributed by atoms with Crippen molar-refractivity contribution in [2.24, 2.45) is 0 Å². The third-order valence-electron chi connectivity index (χ3n) is 2.82. The van der Waals surface area contributed by atoms with E-state index in [2.05, 4.69) is 15.3 Å². The molecule has 1 aromatic carbocycles. The molecule has 1 aromatic heterocycles. The van der Waals surface area contributed by atoms with Gasteiger partial charge in [-0.3, -0.25) is 0 Å². The molecule has 0 amide bonds. The molecule has 0 atom stereocenters. The van der Waals surface area contributed by atoms with Gasteiger partial charge in [-0.2, -0.15) is 0 Å². The van der Waals surface area contributed by atoms with Gasteiger partial charge in [0.05, 0.1) is 29.3 Å². The minimum atomic E-state index is 0.687. The van der Waals surface area contributed by atoms with Crippen LogP contribution >= 0.6 is 11.6 Å². The highest BCUT2D eigenvalue weighted by atomic mass is 35.5. The topological polar surface area (TPSA) is 44.0 Å². The molecule has 0 aliphatic rings. The molecular weight excluding hydrogens is 248 g/mol. The van der Waals surface area contributed by atoms with Gasteiger partial charge < -0.3 is 15.2 Å². The van der Waals surface area contributed by atoms with Crippen LogP contribution in [-0.2, 0) is 6.54 Å². The Bertz CT molecular complexity index is 534. The number of nitrogens with one attached hydrogen (secondary N) is 2. The third kappa shape index (κ3) is 2.76. The summed E-state index contributed by atoms with van der Waals surface area (Å²) in [5, 5.41) is 4.05. The molecule has 0 spiro atoms. The molecule has 0 radical (unpaired) electrons. The van der Waals surface area contributed by atoms with Crippen molar-refractivity contribution in [3.05, 3.63) is 40.9 Å². The van der Waals surface area contributed by atoms with Gasteiger partial charge in [-0.05, 0) is 25.1 Å². The van der Waals surface area contributed by atoms with E-state index in [1.54, 1.807) is 6.33 Å². The summed E-state index contributed by atoms with van der Waals surface area (Å²) < 4.78 is 0. The molecule has 0 bridgehead atoms. The number of hydrogen-bond acceptors (Lipinski definition) is 3. The highest BCUT2D eigenvalue weighted by molar-refractivity contribution is 6.33. The van der Waals surface area contributed by atoms with Gasteiger partial charge in [0.2, 0.25) is 0 Å². The first kappa shape index (κ1) is 12.8. The summed E-state index contributed by atoms with van der Waals surface area (Å²) in [6.45, 7) is 2.69. The normalized spacial score (nSPS) is 10.4. The Labute approximate surface area is 112 Å². The Balaban J connectivity index is 2.07. The molecule has 0 aliphatic heterocycles. The standard InChI is InChI=1S/C13H17ClN4/c1-9-12(17-8-16-9)7-15-10-4-5-13(18(2)3)11(14)6-10/h4-6,8,15H,7H2,1-3H3,(H,16,17). The van der Waals surface area contributed by atoms with E-state index in [1.807, 2.05) is 44.1 Å². The summed E-state index contributed by atoms with van der Waals surface area (Å²) >= 11 is 6.21. The van der Waals surface area contributed by atoms with Crippen molar-refractivity contribution in [3.63, 3.8) is 0 Å². The van der Waals surface area contributed by atoms with Crippen molar-refractivity contribution in [1.29, 1.82) is 0 Å². The zero-order chi connectivity index (χ0) is 13.1. The lowest BCUT2D eigenvalue weighted by molar-refractivity contribution is 1.05. The van der Waals surface area contributed by atoms with E-state index in [0.717, 1.165) is 27.8 Å². The van der Waals surface area contributed by atoms with Crippen molar-refractivity contribution in [1.82, 2.24) is 9.97 Å². The van der Waals surface area contributed by atoms with E-state index in [9.17, 15) is 0 Å². The van der Waals surface area contributed by atoms with Crippen LogP contribution in [0, 0.1) is 6.92 Å². The van der Waals surface area contributed by atoms with E-state index >= 15 is 0 Å². The monoisotopic (exact) mass is 264 g/mol. The number of aromatic amines is 1. The van der Waals surface area contributed by atoms with E-state index in [0.29, 0.717) is 6.54 Å². The number of rotatable bonds is 4. The minimum Gasteiger partial charge on any atom is -0.379 e. The minimum absolute atomic E-state index is 0.687. The molecular formula is C13H17ClN4. The smallest absolute Gasteiger partial charge is 0.0925 e. The molecule has 4 nitrogen and oxygen atoms in total. The van der Waals surface area contributed by atoms with Crippen molar-refractivity contribution < 1.29 is 0 Å². The number of anilines is 2. The van der Waals surface area contributed by atoms with Crippen LogP contribution in [-0.4, -0.2) is 24.1 Å². The second-order valence-electron chi connectivity index (χ2n) is 4.39. The number of hydrogen-bond donors (Lipinski definition) is 2. The van der Waals surface area contributed by atoms with E-state index in [1.165, 1.54) is 0 Å².